The molecule has 0 radical (unpaired) electrons. The first kappa shape index (κ1) is 43.5. The third-order valence-electron chi connectivity index (χ3n) is 18.2. The molecule has 0 aromatic rings. The van der Waals surface area contributed by atoms with Crippen molar-refractivity contribution in [3.8, 4) is 0 Å². The van der Waals surface area contributed by atoms with Gasteiger partial charge in [-0.05, 0) is 150 Å². The molecule has 7 aliphatic rings. The topological polar surface area (TPSA) is 78.9 Å². The van der Waals surface area contributed by atoms with Gasteiger partial charge in [-0.25, -0.2) is 0 Å². The normalized spacial score (nSPS) is 41.9. The van der Waals surface area contributed by atoms with Crippen LogP contribution in [0, 0.1) is 70.0 Å². The second kappa shape index (κ2) is 16.7. The van der Waals surface area contributed by atoms with Crippen molar-refractivity contribution in [3.63, 3.8) is 0 Å². The van der Waals surface area contributed by atoms with E-state index in [0.717, 1.165) is 81.5 Å². The molecule has 0 saturated heterocycles. The first-order valence-corrected chi connectivity index (χ1v) is 23.1. The highest BCUT2D eigenvalue weighted by Gasteiger charge is 2.70. The summed E-state index contributed by atoms with van der Waals surface area (Å²) in [6.45, 7) is 25.8. The number of fused-ring (bicyclic) bond motifs is 9. The predicted molar refractivity (Wildman–Crippen MR) is 217 cm³/mol. The molecule has 310 valence electrons. The lowest BCUT2D eigenvalue weighted by Crippen LogP contribution is -2.50. The molecule has 6 heteroatoms. The Hall–Kier alpha value is -1.59. The van der Waals surface area contributed by atoms with Crippen LogP contribution in [0.1, 0.15) is 199 Å². The molecule has 0 aromatic heterocycles. The molecule has 7 rings (SSSR count). The molecule has 54 heavy (non-hydrogen) atoms. The molecule has 0 N–H and O–H groups in total. The van der Waals surface area contributed by atoms with Gasteiger partial charge in [0, 0.05) is 11.3 Å². The van der Waals surface area contributed by atoms with Crippen molar-refractivity contribution in [1.29, 1.82) is 0 Å². The largest absolute Gasteiger partial charge is 0.459 e. The third-order valence-corrected chi connectivity index (χ3v) is 18.2. The second-order valence-corrected chi connectivity index (χ2v) is 20.5. The van der Waals surface area contributed by atoms with E-state index in [9.17, 15) is 14.4 Å². The minimum atomic E-state index is -0.222. The van der Waals surface area contributed by atoms with Gasteiger partial charge in [0.05, 0.1) is 17.8 Å². The lowest BCUT2D eigenvalue weighted by atomic mass is 9.63. The zero-order chi connectivity index (χ0) is 39.9. The summed E-state index contributed by atoms with van der Waals surface area (Å²) in [5.74, 6) is 5.75. The molecule has 7 aliphatic carbocycles. The van der Waals surface area contributed by atoms with Gasteiger partial charge in [-0.15, -0.1) is 0 Å². The van der Waals surface area contributed by atoms with Crippen molar-refractivity contribution < 1.29 is 28.6 Å². The number of hydrogen-bond donors (Lipinski definition) is 0. The molecule has 0 amide bonds. The Bertz CT molecular complexity index is 1320. The van der Waals surface area contributed by atoms with E-state index in [4.69, 9.17) is 14.2 Å². The van der Waals surface area contributed by atoms with Gasteiger partial charge >= 0.3 is 17.9 Å². The molecule has 7 fully saturated rings. The summed E-state index contributed by atoms with van der Waals surface area (Å²) in [7, 11) is 0. The number of hydrogen-bond acceptors (Lipinski definition) is 6. The molecule has 7 saturated carbocycles. The predicted octanol–water partition coefficient (Wildman–Crippen LogP) is 12.3. The Morgan fingerprint density at radius 1 is 0.593 bits per heavy atom. The van der Waals surface area contributed by atoms with Crippen LogP contribution in [-0.2, 0) is 28.6 Å². The number of carbonyl (C=O) groups excluding carboxylic acids is 3. The van der Waals surface area contributed by atoms with E-state index in [-0.39, 0.29) is 57.9 Å². The number of carbonyl (C=O) groups is 3. The molecular weight excluding hydrogens is 673 g/mol. The minimum absolute atomic E-state index is 0.00826. The van der Waals surface area contributed by atoms with Gasteiger partial charge in [-0.3, -0.25) is 14.4 Å². The second-order valence-electron chi connectivity index (χ2n) is 20.5. The van der Waals surface area contributed by atoms with Gasteiger partial charge in [0.25, 0.3) is 0 Å². The van der Waals surface area contributed by atoms with Gasteiger partial charge in [0.1, 0.15) is 16.8 Å². The molecule has 0 aliphatic heterocycles. The van der Waals surface area contributed by atoms with E-state index in [1.165, 1.54) is 57.8 Å². The zero-order valence-electron chi connectivity index (χ0n) is 37.0. The van der Waals surface area contributed by atoms with Crippen molar-refractivity contribution in [2.75, 3.05) is 0 Å². The Kier molecular flexibility index (Phi) is 13.5. The summed E-state index contributed by atoms with van der Waals surface area (Å²) in [6, 6.07) is 0. The quantitative estimate of drug-likeness (QED) is 0.146. The maximum absolute atomic E-state index is 12.3. The van der Waals surface area contributed by atoms with Crippen molar-refractivity contribution >= 4 is 17.9 Å². The lowest BCUT2D eigenvalue weighted by molar-refractivity contribution is -0.184. The number of ether oxygens (including phenoxy) is 3. The smallest absolute Gasteiger partial charge is 0.309 e. The van der Waals surface area contributed by atoms with E-state index in [1.54, 1.807) is 0 Å². The highest BCUT2D eigenvalue weighted by atomic mass is 16.6. The Morgan fingerprint density at radius 2 is 1.15 bits per heavy atom. The van der Waals surface area contributed by atoms with Crippen LogP contribution in [0.15, 0.2) is 0 Å². The Morgan fingerprint density at radius 3 is 1.59 bits per heavy atom. The molecule has 14 atom stereocenters. The highest BCUT2D eigenvalue weighted by Crippen LogP contribution is 2.71. The molecule has 6 bridgehead atoms. The summed E-state index contributed by atoms with van der Waals surface area (Å²) in [5, 5.41) is 0. The standard InChI is InChI=1S/C17H28O2.C17H30O2.C14H24O2/c1-4-11(3)16(18)19-17(5-2)10-12-9-15(17)14-8-6-7-13(12)14;1-7-12(3)14(18)19-17(8-2)11-13-9-10-16(17,6)15(13,4)5;1-4-10(3)13(15)16-14(5-2)9-11-6-7-12(14)8-11/h11-15H,4-10H2,1-3H3;12-13H,7-11H2,1-6H3;10-12H,4-9H2,1-3H3. The van der Waals surface area contributed by atoms with Crippen LogP contribution >= 0.6 is 0 Å². The van der Waals surface area contributed by atoms with Gasteiger partial charge in [-0.1, -0.05) is 89.5 Å². The molecular formula is C48H82O6. The van der Waals surface area contributed by atoms with Crippen LogP contribution in [0.3, 0.4) is 0 Å². The monoisotopic (exact) mass is 755 g/mol. The van der Waals surface area contributed by atoms with E-state index in [1.807, 2.05) is 27.7 Å². The number of esters is 3. The van der Waals surface area contributed by atoms with Crippen LogP contribution in [0.2, 0.25) is 0 Å². The average molecular weight is 755 g/mol. The summed E-state index contributed by atoms with van der Waals surface area (Å²) in [5.41, 5.74) is 0.0152. The van der Waals surface area contributed by atoms with Crippen LogP contribution in [-0.4, -0.2) is 34.7 Å². The van der Waals surface area contributed by atoms with E-state index >= 15 is 0 Å². The summed E-state index contributed by atoms with van der Waals surface area (Å²) >= 11 is 0. The van der Waals surface area contributed by atoms with Crippen molar-refractivity contribution in [1.82, 2.24) is 0 Å². The minimum Gasteiger partial charge on any atom is -0.459 e. The first-order valence-electron chi connectivity index (χ1n) is 23.1. The van der Waals surface area contributed by atoms with E-state index in [0.29, 0.717) is 23.2 Å². The lowest BCUT2D eigenvalue weighted by Gasteiger charge is -2.47. The molecule has 14 unspecified atom stereocenters. The average Bonchev–Trinajstić information content (AvgIpc) is 4.04. The summed E-state index contributed by atoms with van der Waals surface area (Å²) in [4.78, 5) is 36.5. The SMILES string of the molecule is CCC(C)C(=O)OC1(CC)CC2CC1C1CCCC21.CCC(C)C(=O)OC1(CC)CC2CCC1(C)C2(C)C.CCC(C)C(=O)OC1(CC)CC2CCC1C2. The Balaban J connectivity index is 0.000000156. The number of rotatable bonds is 12. The van der Waals surface area contributed by atoms with Gasteiger partial charge < -0.3 is 14.2 Å². The van der Waals surface area contributed by atoms with Crippen molar-refractivity contribution in [3.05, 3.63) is 0 Å². The molecule has 0 aromatic carbocycles. The van der Waals surface area contributed by atoms with Crippen LogP contribution in [0.4, 0.5) is 0 Å². The maximum Gasteiger partial charge on any atom is 0.309 e. The fourth-order valence-electron chi connectivity index (χ4n) is 13.4. The molecule has 0 heterocycles. The van der Waals surface area contributed by atoms with Crippen molar-refractivity contribution in [2.45, 2.75) is 215 Å². The van der Waals surface area contributed by atoms with Crippen LogP contribution < -0.4 is 0 Å². The maximum atomic E-state index is 12.3. The van der Waals surface area contributed by atoms with E-state index in [2.05, 4.69) is 55.4 Å². The van der Waals surface area contributed by atoms with Crippen LogP contribution in [0.25, 0.3) is 0 Å². The Labute approximate surface area is 331 Å². The van der Waals surface area contributed by atoms with Gasteiger partial charge in [0.2, 0.25) is 0 Å². The van der Waals surface area contributed by atoms with Crippen molar-refractivity contribution in [2.24, 2.45) is 70.0 Å². The fourth-order valence-corrected chi connectivity index (χ4v) is 13.4. The summed E-state index contributed by atoms with van der Waals surface area (Å²) < 4.78 is 18.1. The van der Waals surface area contributed by atoms with Gasteiger partial charge in [0.15, 0.2) is 0 Å². The molecule has 0 spiro atoms. The summed E-state index contributed by atoms with van der Waals surface area (Å²) in [6.07, 6.45) is 20.9. The zero-order valence-corrected chi connectivity index (χ0v) is 37.0. The highest BCUT2D eigenvalue weighted by molar-refractivity contribution is 5.73. The fraction of sp³-hybridized carbons (Fsp3) is 0.938. The third kappa shape index (κ3) is 7.46. The molecule has 6 nitrogen and oxygen atoms in total. The first-order chi connectivity index (χ1) is 25.5. The van der Waals surface area contributed by atoms with E-state index < -0.39 is 0 Å². The van der Waals surface area contributed by atoms with Crippen LogP contribution in [0.5, 0.6) is 0 Å². The van der Waals surface area contributed by atoms with Gasteiger partial charge in [-0.2, -0.15) is 0 Å².